The molecular weight excluding hydrogens is 569 g/mol. The number of hydrogen-bond donors (Lipinski definition) is 1. The van der Waals surface area contributed by atoms with Gasteiger partial charge in [-0.05, 0) is 115 Å². The van der Waals surface area contributed by atoms with Crippen molar-refractivity contribution in [2.24, 2.45) is 11.8 Å². The Kier molecular flexibility index (Phi) is 6.78. The lowest BCUT2D eigenvalue weighted by molar-refractivity contribution is 0.0490. The number of fused-ring (bicyclic) bond motifs is 1. The topological polar surface area (TPSA) is 93.1 Å². The van der Waals surface area contributed by atoms with Crippen LogP contribution in [0.1, 0.15) is 48.0 Å². The third-order valence-electron chi connectivity index (χ3n) is 7.01. The molecule has 5 rings (SSSR count). The Bertz CT molecular complexity index is 1190. The van der Waals surface area contributed by atoms with Crippen LogP contribution in [0.5, 0.6) is 5.75 Å². The van der Waals surface area contributed by atoms with Crippen LogP contribution >= 0.6 is 22.6 Å². The summed E-state index contributed by atoms with van der Waals surface area (Å²) in [5.74, 6) is -0.356. The molecule has 0 radical (unpaired) electrons. The van der Waals surface area contributed by atoms with Crippen molar-refractivity contribution in [3.05, 3.63) is 51.1 Å². The van der Waals surface area contributed by atoms with Crippen molar-refractivity contribution in [1.82, 2.24) is 0 Å². The van der Waals surface area contributed by atoms with Crippen molar-refractivity contribution in [2.45, 2.75) is 49.5 Å². The number of aryl methyl sites for hydroxylation is 1. The van der Waals surface area contributed by atoms with E-state index in [2.05, 4.69) is 22.6 Å². The zero-order chi connectivity index (χ0) is 23.9. The van der Waals surface area contributed by atoms with E-state index in [1.165, 1.54) is 18.2 Å². The van der Waals surface area contributed by atoms with Crippen LogP contribution in [-0.4, -0.2) is 45.4 Å². The summed E-state index contributed by atoms with van der Waals surface area (Å²) >= 11 is 2.24. The highest BCUT2D eigenvalue weighted by Crippen LogP contribution is 2.45. The van der Waals surface area contributed by atoms with Crippen molar-refractivity contribution in [2.75, 3.05) is 24.1 Å². The molecule has 9 heteroatoms. The normalized spacial score (nSPS) is 21.2. The molecule has 1 atom stereocenters. The standard InChI is InChI=1S/C25H28INO6S/c26-19-4-7-23-18(13-19)3-6-22(17-1-2-17)27(23)34(30,31)20-5-8-24(21(14-20)25(28)29)33-15-16-9-11-32-12-10-16/h4-5,7-8,13-14,16-17,22H,1-3,6,9-12,15H2,(H,28,29). The molecule has 0 spiro atoms. The minimum atomic E-state index is -3.96. The molecular formula is C25H28INO6S. The Balaban J connectivity index is 1.48. The number of ether oxygens (including phenoxy) is 2. The SMILES string of the molecule is O=C(O)c1cc(S(=O)(=O)N2c3ccc(I)cc3CCC2C2CC2)ccc1OCC1CCOCC1. The lowest BCUT2D eigenvalue weighted by Gasteiger charge is -2.38. The van der Waals surface area contributed by atoms with Crippen molar-refractivity contribution >= 4 is 44.3 Å². The molecule has 1 saturated carbocycles. The van der Waals surface area contributed by atoms with Gasteiger partial charge < -0.3 is 14.6 Å². The number of halogens is 1. The number of carboxylic acids is 1. The Morgan fingerprint density at radius 1 is 1.09 bits per heavy atom. The third kappa shape index (κ3) is 4.79. The van der Waals surface area contributed by atoms with Crippen LogP contribution in [0, 0.1) is 15.4 Å². The Morgan fingerprint density at radius 3 is 2.56 bits per heavy atom. The zero-order valence-electron chi connectivity index (χ0n) is 18.8. The molecule has 0 aromatic heterocycles. The number of hydrogen-bond acceptors (Lipinski definition) is 5. The minimum absolute atomic E-state index is 0.0135. The highest BCUT2D eigenvalue weighted by atomic mass is 127. The second-order valence-corrected chi connectivity index (χ2v) is 12.4. The van der Waals surface area contributed by atoms with Gasteiger partial charge in [0.15, 0.2) is 0 Å². The molecule has 0 bridgehead atoms. The first-order valence-electron chi connectivity index (χ1n) is 11.8. The first kappa shape index (κ1) is 23.9. The van der Waals surface area contributed by atoms with Gasteiger partial charge in [0.25, 0.3) is 10.0 Å². The quantitative estimate of drug-likeness (QED) is 0.465. The van der Waals surface area contributed by atoms with E-state index in [1.807, 2.05) is 18.2 Å². The van der Waals surface area contributed by atoms with Crippen molar-refractivity contribution in [3.63, 3.8) is 0 Å². The van der Waals surface area contributed by atoms with Crippen LogP contribution < -0.4 is 9.04 Å². The maximum Gasteiger partial charge on any atom is 0.339 e. The molecule has 3 aliphatic rings. The van der Waals surface area contributed by atoms with Crippen LogP contribution in [0.3, 0.4) is 0 Å². The molecule has 1 aliphatic carbocycles. The lowest BCUT2D eigenvalue weighted by Crippen LogP contribution is -2.45. The molecule has 1 N–H and O–H groups in total. The molecule has 2 heterocycles. The zero-order valence-corrected chi connectivity index (χ0v) is 21.8. The molecule has 0 amide bonds. The lowest BCUT2D eigenvalue weighted by atomic mass is 9.95. The smallest absolute Gasteiger partial charge is 0.339 e. The molecule has 7 nitrogen and oxygen atoms in total. The van der Waals surface area contributed by atoms with E-state index in [1.54, 1.807) is 4.31 Å². The van der Waals surface area contributed by atoms with Crippen LogP contribution in [-0.2, 0) is 21.2 Å². The maximum absolute atomic E-state index is 13.9. The number of sulfonamides is 1. The summed E-state index contributed by atoms with van der Waals surface area (Å²) in [6, 6.07) is 9.96. The van der Waals surface area contributed by atoms with E-state index in [0.29, 0.717) is 37.3 Å². The van der Waals surface area contributed by atoms with E-state index in [4.69, 9.17) is 9.47 Å². The van der Waals surface area contributed by atoms with Crippen molar-refractivity contribution in [1.29, 1.82) is 0 Å². The molecule has 2 fully saturated rings. The van der Waals surface area contributed by atoms with Gasteiger partial charge >= 0.3 is 5.97 Å². The van der Waals surface area contributed by atoms with Crippen molar-refractivity contribution in [3.8, 4) is 5.75 Å². The van der Waals surface area contributed by atoms with Gasteiger partial charge in [-0.3, -0.25) is 4.31 Å². The summed E-state index contributed by atoms with van der Waals surface area (Å²) in [5, 5.41) is 9.83. The number of anilines is 1. The summed E-state index contributed by atoms with van der Waals surface area (Å²) in [7, 11) is -3.96. The Labute approximate surface area is 213 Å². The average Bonchev–Trinajstić information content (AvgIpc) is 3.68. The second kappa shape index (κ2) is 9.66. The van der Waals surface area contributed by atoms with Gasteiger partial charge in [-0.15, -0.1) is 0 Å². The Morgan fingerprint density at radius 2 is 1.85 bits per heavy atom. The van der Waals surface area contributed by atoms with E-state index >= 15 is 0 Å². The monoisotopic (exact) mass is 597 g/mol. The molecule has 2 aromatic carbocycles. The highest BCUT2D eigenvalue weighted by Gasteiger charge is 2.44. The number of carbonyl (C=O) groups is 1. The fourth-order valence-electron chi connectivity index (χ4n) is 4.98. The number of rotatable bonds is 7. The number of aromatic carboxylic acids is 1. The van der Waals surface area contributed by atoms with Gasteiger partial charge in [0.2, 0.25) is 0 Å². The maximum atomic E-state index is 13.9. The molecule has 2 aromatic rings. The molecule has 1 saturated heterocycles. The van der Waals surface area contributed by atoms with Gasteiger partial charge in [-0.1, -0.05) is 0 Å². The summed E-state index contributed by atoms with van der Waals surface area (Å²) in [4.78, 5) is 12.0. The van der Waals surface area contributed by atoms with Gasteiger partial charge in [0, 0.05) is 22.8 Å². The Hall–Kier alpha value is -1.85. The summed E-state index contributed by atoms with van der Waals surface area (Å²) < 4.78 is 41.7. The predicted octanol–water partition coefficient (Wildman–Crippen LogP) is 4.71. The van der Waals surface area contributed by atoms with E-state index in [0.717, 1.165) is 47.7 Å². The average molecular weight is 597 g/mol. The molecule has 1 unspecified atom stereocenters. The van der Waals surface area contributed by atoms with Crippen LogP contribution in [0.2, 0.25) is 0 Å². The predicted molar refractivity (Wildman–Crippen MR) is 136 cm³/mol. The minimum Gasteiger partial charge on any atom is -0.492 e. The fraction of sp³-hybridized carbons (Fsp3) is 0.480. The summed E-state index contributed by atoms with van der Waals surface area (Å²) in [6.45, 7) is 1.74. The van der Waals surface area contributed by atoms with E-state index in [-0.39, 0.29) is 22.3 Å². The van der Waals surface area contributed by atoms with E-state index in [9.17, 15) is 18.3 Å². The van der Waals surface area contributed by atoms with E-state index < -0.39 is 16.0 Å². The fourth-order valence-corrected chi connectivity index (χ4v) is 7.34. The van der Waals surface area contributed by atoms with Gasteiger partial charge in [0.05, 0.1) is 17.2 Å². The molecule has 34 heavy (non-hydrogen) atoms. The highest BCUT2D eigenvalue weighted by molar-refractivity contribution is 14.1. The summed E-state index contributed by atoms with van der Waals surface area (Å²) in [5.41, 5.74) is 1.60. The van der Waals surface area contributed by atoms with Gasteiger partial charge in [-0.25, -0.2) is 13.2 Å². The first-order chi connectivity index (χ1) is 16.3. The van der Waals surface area contributed by atoms with Crippen LogP contribution in [0.4, 0.5) is 5.69 Å². The number of benzene rings is 2. The third-order valence-corrected chi connectivity index (χ3v) is 9.52. The van der Waals surface area contributed by atoms with Crippen LogP contribution in [0.25, 0.3) is 0 Å². The largest absolute Gasteiger partial charge is 0.492 e. The van der Waals surface area contributed by atoms with Crippen LogP contribution in [0.15, 0.2) is 41.3 Å². The van der Waals surface area contributed by atoms with Gasteiger partial charge in [-0.2, -0.15) is 0 Å². The second-order valence-electron chi connectivity index (χ2n) is 9.35. The van der Waals surface area contributed by atoms with Gasteiger partial charge in [0.1, 0.15) is 11.3 Å². The summed E-state index contributed by atoms with van der Waals surface area (Å²) in [6.07, 6.45) is 5.40. The number of nitrogens with zero attached hydrogens (tertiary/aromatic N) is 1. The first-order valence-corrected chi connectivity index (χ1v) is 14.3. The number of carboxylic acid groups (broad SMARTS) is 1. The van der Waals surface area contributed by atoms with Crippen molar-refractivity contribution < 1.29 is 27.8 Å². The molecule has 2 aliphatic heterocycles. The molecule has 182 valence electrons.